The Morgan fingerprint density at radius 2 is 1.67 bits per heavy atom. The van der Waals surface area contributed by atoms with E-state index in [0.29, 0.717) is 5.69 Å². The van der Waals surface area contributed by atoms with Gasteiger partial charge in [0.05, 0.1) is 12.8 Å². The van der Waals surface area contributed by atoms with E-state index in [1.165, 1.54) is 25.3 Å². The maximum Gasteiger partial charge on any atom is 0.265 e. The SMILES string of the molecule is CCc1ccc(NS(=O)(=O)c2cc(N3C(=O)CCC3=O)ccc2OC)cc1. The predicted octanol–water partition coefficient (Wildman–Crippen LogP) is 2.71. The monoisotopic (exact) mass is 388 g/mol. The number of rotatable bonds is 6. The average molecular weight is 388 g/mol. The molecule has 7 nitrogen and oxygen atoms in total. The zero-order valence-electron chi connectivity index (χ0n) is 15.1. The summed E-state index contributed by atoms with van der Waals surface area (Å²) in [6.07, 6.45) is 1.09. The minimum absolute atomic E-state index is 0.120. The van der Waals surface area contributed by atoms with Crippen molar-refractivity contribution < 1.29 is 22.7 Å². The van der Waals surface area contributed by atoms with E-state index in [4.69, 9.17) is 4.74 Å². The number of hydrogen-bond acceptors (Lipinski definition) is 5. The Kier molecular flexibility index (Phi) is 5.18. The molecular weight excluding hydrogens is 368 g/mol. The highest BCUT2D eigenvalue weighted by atomic mass is 32.2. The topological polar surface area (TPSA) is 92.8 Å². The largest absolute Gasteiger partial charge is 0.495 e. The van der Waals surface area contributed by atoms with Gasteiger partial charge in [-0.1, -0.05) is 19.1 Å². The molecule has 8 heteroatoms. The first-order valence-electron chi connectivity index (χ1n) is 8.51. The number of ether oxygens (including phenoxy) is 1. The van der Waals surface area contributed by atoms with Crippen LogP contribution in [0, 0.1) is 0 Å². The third-order valence-corrected chi connectivity index (χ3v) is 5.76. The van der Waals surface area contributed by atoms with Crippen molar-refractivity contribution in [2.24, 2.45) is 0 Å². The molecule has 0 spiro atoms. The molecule has 1 heterocycles. The Morgan fingerprint density at radius 3 is 2.22 bits per heavy atom. The number of aryl methyl sites for hydroxylation is 1. The molecule has 1 aliphatic rings. The molecule has 2 aromatic rings. The summed E-state index contributed by atoms with van der Waals surface area (Å²) < 4.78 is 33.4. The van der Waals surface area contributed by atoms with Gasteiger partial charge in [-0.05, 0) is 42.3 Å². The van der Waals surface area contributed by atoms with E-state index < -0.39 is 10.0 Å². The first-order valence-corrected chi connectivity index (χ1v) is 9.99. The number of amides is 2. The Balaban J connectivity index is 1.98. The van der Waals surface area contributed by atoms with Gasteiger partial charge in [-0.2, -0.15) is 0 Å². The lowest BCUT2D eigenvalue weighted by molar-refractivity contribution is -0.121. The van der Waals surface area contributed by atoms with Gasteiger partial charge in [0.2, 0.25) is 11.8 Å². The van der Waals surface area contributed by atoms with Crippen molar-refractivity contribution in [3.05, 3.63) is 48.0 Å². The van der Waals surface area contributed by atoms with Gasteiger partial charge >= 0.3 is 0 Å². The summed E-state index contributed by atoms with van der Waals surface area (Å²) in [4.78, 5) is 24.8. The molecule has 0 bridgehead atoms. The molecule has 2 amide bonds. The number of hydrogen-bond donors (Lipinski definition) is 1. The molecule has 3 rings (SSSR count). The second kappa shape index (κ2) is 7.40. The number of imide groups is 1. The number of nitrogens with zero attached hydrogens (tertiary/aromatic N) is 1. The third-order valence-electron chi connectivity index (χ3n) is 4.36. The molecule has 0 atom stereocenters. The number of carbonyl (C=O) groups excluding carboxylic acids is 2. The van der Waals surface area contributed by atoms with Crippen LogP contribution in [0.5, 0.6) is 5.75 Å². The molecule has 0 saturated carbocycles. The second-order valence-electron chi connectivity index (χ2n) is 6.11. The van der Waals surface area contributed by atoms with Crippen LogP contribution in [0.2, 0.25) is 0 Å². The van der Waals surface area contributed by atoms with Gasteiger partial charge in [-0.25, -0.2) is 8.42 Å². The molecule has 1 aliphatic heterocycles. The minimum Gasteiger partial charge on any atom is -0.495 e. The number of nitrogens with one attached hydrogen (secondary N) is 1. The lowest BCUT2D eigenvalue weighted by atomic mass is 10.2. The molecule has 0 unspecified atom stereocenters. The number of sulfonamides is 1. The summed E-state index contributed by atoms with van der Waals surface area (Å²) in [6.45, 7) is 2.01. The van der Waals surface area contributed by atoms with Crippen LogP contribution >= 0.6 is 0 Å². The summed E-state index contributed by atoms with van der Waals surface area (Å²) in [5.41, 5.74) is 1.71. The van der Waals surface area contributed by atoms with Crippen LogP contribution in [0.15, 0.2) is 47.4 Å². The highest BCUT2D eigenvalue weighted by Crippen LogP contribution is 2.32. The van der Waals surface area contributed by atoms with Crippen molar-refractivity contribution in [2.45, 2.75) is 31.1 Å². The van der Waals surface area contributed by atoms with Gasteiger partial charge in [-0.3, -0.25) is 19.2 Å². The molecular formula is C19H20N2O5S. The van der Waals surface area contributed by atoms with Gasteiger partial charge in [-0.15, -0.1) is 0 Å². The maximum absolute atomic E-state index is 12.9. The van der Waals surface area contributed by atoms with E-state index in [1.807, 2.05) is 19.1 Å². The van der Waals surface area contributed by atoms with E-state index in [2.05, 4.69) is 4.72 Å². The molecule has 0 aliphatic carbocycles. The van der Waals surface area contributed by atoms with Crippen LogP contribution in [0.3, 0.4) is 0 Å². The smallest absolute Gasteiger partial charge is 0.265 e. The zero-order valence-corrected chi connectivity index (χ0v) is 15.9. The van der Waals surface area contributed by atoms with E-state index in [0.717, 1.165) is 16.9 Å². The first kappa shape index (κ1) is 18.9. The van der Waals surface area contributed by atoms with Crippen LogP contribution in [-0.2, 0) is 26.0 Å². The Labute approximate surface area is 158 Å². The Morgan fingerprint density at radius 1 is 1.04 bits per heavy atom. The van der Waals surface area contributed by atoms with Gasteiger partial charge in [0.15, 0.2) is 0 Å². The minimum atomic E-state index is -3.99. The Bertz CT molecular complexity index is 968. The number of anilines is 2. The summed E-state index contributed by atoms with van der Waals surface area (Å²) in [7, 11) is -2.63. The number of carbonyl (C=O) groups is 2. The van der Waals surface area contributed by atoms with Crippen LogP contribution in [0.1, 0.15) is 25.3 Å². The van der Waals surface area contributed by atoms with Gasteiger partial charge in [0.1, 0.15) is 10.6 Å². The van der Waals surface area contributed by atoms with Crippen LogP contribution < -0.4 is 14.4 Å². The molecule has 0 aromatic heterocycles. The van der Waals surface area contributed by atoms with Crippen molar-refractivity contribution in [1.29, 1.82) is 0 Å². The fraction of sp³-hybridized carbons (Fsp3) is 0.263. The number of benzene rings is 2. The van der Waals surface area contributed by atoms with Crippen molar-refractivity contribution in [2.75, 3.05) is 16.7 Å². The quantitative estimate of drug-likeness (QED) is 0.768. The van der Waals surface area contributed by atoms with Gasteiger partial charge in [0.25, 0.3) is 10.0 Å². The number of methoxy groups -OCH3 is 1. The molecule has 1 fully saturated rings. The fourth-order valence-corrected chi connectivity index (χ4v) is 4.15. The van der Waals surface area contributed by atoms with E-state index in [-0.39, 0.29) is 41.0 Å². The van der Waals surface area contributed by atoms with Crippen LogP contribution in [0.25, 0.3) is 0 Å². The molecule has 1 saturated heterocycles. The molecule has 1 N–H and O–H groups in total. The van der Waals surface area contributed by atoms with Crippen molar-refractivity contribution in [3.8, 4) is 5.75 Å². The van der Waals surface area contributed by atoms with E-state index >= 15 is 0 Å². The van der Waals surface area contributed by atoms with Gasteiger partial charge in [0, 0.05) is 18.5 Å². The van der Waals surface area contributed by atoms with Crippen molar-refractivity contribution in [3.63, 3.8) is 0 Å². The maximum atomic E-state index is 12.9. The summed E-state index contributed by atoms with van der Waals surface area (Å²) in [5.74, 6) is -0.580. The summed E-state index contributed by atoms with van der Waals surface area (Å²) in [6, 6.07) is 11.3. The zero-order chi connectivity index (χ0) is 19.6. The summed E-state index contributed by atoms with van der Waals surface area (Å²) in [5, 5.41) is 0. The highest BCUT2D eigenvalue weighted by molar-refractivity contribution is 7.92. The second-order valence-corrected chi connectivity index (χ2v) is 7.76. The Hall–Kier alpha value is -2.87. The third kappa shape index (κ3) is 3.80. The van der Waals surface area contributed by atoms with Gasteiger partial charge < -0.3 is 4.74 Å². The molecule has 0 radical (unpaired) electrons. The average Bonchev–Trinajstić information content (AvgIpc) is 3.00. The normalized spacial score (nSPS) is 14.5. The van der Waals surface area contributed by atoms with E-state index in [9.17, 15) is 18.0 Å². The first-order chi connectivity index (χ1) is 12.9. The lowest BCUT2D eigenvalue weighted by Crippen LogP contribution is -2.28. The fourth-order valence-electron chi connectivity index (χ4n) is 2.90. The van der Waals surface area contributed by atoms with Crippen molar-refractivity contribution >= 4 is 33.2 Å². The predicted molar refractivity (Wildman–Crippen MR) is 101 cm³/mol. The molecule has 2 aromatic carbocycles. The van der Waals surface area contributed by atoms with Crippen LogP contribution in [0.4, 0.5) is 11.4 Å². The highest BCUT2D eigenvalue weighted by Gasteiger charge is 2.32. The van der Waals surface area contributed by atoms with E-state index in [1.54, 1.807) is 12.1 Å². The van der Waals surface area contributed by atoms with Crippen molar-refractivity contribution in [1.82, 2.24) is 0 Å². The molecule has 27 heavy (non-hydrogen) atoms. The standard InChI is InChI=1S/C19H20N2O5S/c1-3-13-4-6-14(7-5-13)20-27(24,25)17-12-15(8-9-16(17)26-2)21-18(22)10-11-19(21)23/h4-9,12,20H,3,10-11H2,1-2H3. The van der Waals surface area contributed by atoms with Crippen LogP contribution in [-0.4, -0.2) is 27.3 Å². The lowest BCUT2D eigenvalue weighted by Gasteiger charge is -2.17. The molecule has 142 valence electrons. The summed E-state index contributed by atoms with van der Waals surface area (Å²) >= 11 is 0.